The highest BCUT2D eigenvalue weighted by atomic mass is 16.2. The first-order valence-electron chi connectivity index (χ1n) is 6.70. The Morgan fingerprint density at radius 1 is 1.28 bits per heavy atom. The Kier molecular flexibility index (Phi) is 5.69. The number of amides is 2. The second kappa shape index (κ2) is 7.04. The summed E-state index contributed by atoms with van der Waals surface area (Å²) in [5, 5.41) is 5.88. The Morgan fingerprint density at radius 3 is 2.56 bits per heavy atom. The molecule has 0 bridgehead atoms. The maximum atomic E-state index is 11.7. The number of urea groups is 1. The van der Waals surface area contributed by atoms with Crippen LogP contribution in [0.3, 0.4) is 0 Å². The lowest BCUT2D eigenvalue weighted by atomic mass is 9.98. The highest BCUT2D eigenvalue weighted by Crippen LogP contribution is 2.21. The van der Waals surface area contributed by atoms with Gasteiger partial charge >= 0.3 is 6.03 Å². The van der Waals surface area contributed by atoms with Gasteiger partial charge in [-0.15, -0.1) is 0 Å². The maximum absolute atomic E-state index is 11.7. The van der Waals surface area contributed by atoms with Gasteiger partial charge in [-0.2, -0.15) is 0 Å². The molecule has 0 saturated heterocycles. The van der Waals surface area contributed by atoms with E-state index in [2.05, 4.69) is 49.6 Å². The summed E-state index contributed by atoms with van der Waals surface area (Å²) in [5.41, 5.74) is 3.69. The fourth-order valence-corrected chi connectivity index (χ4v) is 2.06. The van der Waals surface area contributed by atoms with E-state index in [9.17, 15) is 4.79 Å². The summed E-state index contributed by atoms with van der Waals surface area (Å²) in [5.74, 6) is 0. The molecule has 3 nitrogen and oxygen atoms in total. The van der Waals surface area contributed by atoms with E-state index in [-0.39, 0.29) is 12.1 Å². The molecule has 0 heterocycles. The smallest absolute Gasteiger partial charge is 0.315 e. The second-order valence-corrected chi connectivity index (χ2v) is 4.72. The highest BCUT2D eigenvalue weighted by Gasteiger charge is 2.14. The van der Waals surface area contributed by atoms with Crippen LogP contribution < -0.4 is 10.6 Å². The van der Waals surface area contributed by atoms with E-state index in [1.54, 1.807) is 0 Å². The van der Waals surface area contributed by atoms with Crippen molar-refractivity contribution in [1.82, 2.24) is 10.6 Å². The summed E-state index contributed by atoms with van der Waals surface area (Å²) in [4.78, 5) is 11.7. The number of hydrogen-bond acceptors (Lipinski definition) is 1. The number of rotatable bonds is 5. The molecule has 18 heavy (non-hydrogen) atoms. The summed E-state index contributed by atoms with van der Waals surface area (Å²) in [7, 11) is 0. The molecule has 0 radical (unpaired) electrons. The Morgan fingerprint density at radius 2 is 2.00 bits per heavy atom. The molecule has 0 aliphatic rings. The van der Waals surface area contributed by atoms with Gasteiger partial charge in [0.05, 0.1) is 6.04 Å². The average Bonchev–Trinajstić information content (AvgIpc) is 2.34. The molecule has 1 atom stereocenters. The van der Waals surface area contributed by atoms with Crippen molar-refractivity contribution in [2.45, 2.75) is 46.6 Å². The van der Waals surface area contributed by atoms with Crippen molar-refractivity contribution in [3.8, 4) is 0 Å². The van der Waals surface area contributed by atoms with Crippen molar-refractivity contribution < 1.29 is 4.79 Å². The molecule has 0 aromatic heterocycles. The first kappa shape index (κ1) is 14.6. The predicted molar refractivity (Wildman–Crippen MR) is 75.8 cm³/mol. The van der Waals surface area contributed by atoms with E-state index in [0.717, 1.165) is 19.4 Å². The van der Waals surface area contributed by atoms with E-state index in [4.69, 9.17) is 0 Å². The zero-order valence-corrected chi connectivity index (χ0v) is 11.8. The van der Waals surface area contributed by atoms with Crippen LogP contribution in [-0.4, -0.2) is 12.6 Å². The zero-order chi connectivity index (χ0) is 13.5. The van der Waals surface area contributed by atoms with Crippen molar-refractivity contribution in [2.75, 3.05) is 6.54 Å². The Bertz CT molecular complexity index is 401. The van der Waals surface area contributed by atoms with Gasteiger partial charge in [-0.05, 0) is 37.8 Å². The van der Waals surface area contributed by atoms with E-state index in [1.807, 2.05) is 6.92 Å². The van der Waals surface area contributed by atoms with Crippen LogP contribution in [-0.2, 0) is 0 Å². The number of aryl methyl sites for hydroxylation is 2. The fourth-order valence-electron chi connectivity index (χ4n) is 2.06. The van der Waals surface area contributed by atoms with Crippen LogP contribution in [0.1, 0.15) is 49.4 Å². The van der Waals surface area contributed by atoms with E-state index < -0.39 is 0 Å². The summed E-state index contributed by atoms with van der Waals surface area (Å²) in [6.07, 6.45) is 1.84. The van der Waals surface area contributed by atoms with Gasteiger partial charge in [0.2, 0.25) is 0 Å². The molecular formula is C15H24N2O. The Labute approximate surface area is 110 Å². The molecular weight excluding hydrogens is 224 g/mol. The minimum Gasteiger partial charge on any atom is -0.338 e. The normalized spacial score (nSPS) is 12.0. The lowest BCUT2D eigenvalue weighted by Gasteiger charge is -2.20. The van der Waals surface area contributed by atoms with Gasteiger partial charge in [0.15, 0.2) is 0 Å². The molecule has 0 saturated carbocycles. The van der Waals surface area contributed by atoms with E-state index in [1.165, 1.54) is 16.7 Å². The highest BCUT2D eigenvalue weighted by molar-refractivity contribution is 5.74. The Balaban J connectivity index is 2.73. The molecule has 2 amide bonds. The van der Waals surface area contributed by atoms with Crippen LogP contribution >= 0.6 is 0 Å². The largest absolute Gasteiger partial charge is 0.338 e. The first-order chi connectivity index (χ1) is 8.58. The van der Waals surface area contributed by atoms with Crippen molar-refractivity contribution in [2.24, 2.45) is 0 Å². The standard InChI is InChI=1S/C15H24N2O/c1-5-9-16-15(18)17-14(6-2)13-8-7-11(3)10-12(13)4/h7-8,10,14H,5-6,9H2,1-4H3,(H2,16,17,18)/t14-/m0/s1. The van der Waals surface area contributed by atoms with Gasteiger partial charge < -0.3 is 10.6 Å². The third kappa shape index (κ3) is 4.06. The number of carbonyl (C=O) groups excluding carboxylic acids is 1. The van der Waals surface area contributed by atoms with Crippen molar-refractivity contribution in [3.05, 3.63) is 34.9 Å². The molecule has 3 heteroatoms. The quantitative estimate of drug-likeness (QED) is 0.823. The predicted octanol–water partition coefficient (Wildman–Crippen LogP) is 3.46. The van der Waals surface area contributed by atoms with Crippen molar-refractivity contribution >= 4 is 6.03 Å². The summed E-state index contributed by atoms with van der Waals surface area (Å²) in [6.45, 7) is 9.02. The van der Waals surface area contributed by atoms with Crippen LogP contribution in [0.15, 0.2) is 18.2 Å². The molecule has 1 aromatic carbocycles. The monoisotopic (exact) mass is 248 g/mol. The number of benzene rings is 1. The third-order valence-electron chi connectivity index (χ3n) is 3.05. The molecule has 100 valence electrons. The van der Waals surface area contributed by atoms with Gasteiger partial charge in [-0.1, -0.05) is 37.6 Å². The van der Waals surface area contributed by atoms with Crippen LogP contribution in [0, 0.1) is 13.8 Å². The van der Waals surface area contributed by atoms with Crippen molar-refractivity contribution in [1.29, 1.82) is 0 Å². The lowest BCUT2D eigenvalue weighted by molar-refractivity contribution is 0.236. The SMILES string of the molecule is CCCNC(=O)N[C@@H](CC)c1ccc(C)cc1C. The lowest BCUT2D eigenvalue weighted by Crippen LogP contribution is -2.38. The van der Waals surface area contributed by atoms with Crippen LogP contribution in [0.25, 0.3) is 0 Å². The minimum absolute atomic E-state index is 0.0799. The summed E-state index contributed by atoms with van der Waals surface area (Å²) >= 11 is 0. The minimum atomic E-state index is -0.0799. The molecule has 1 rings (SSSR count). The molecule has 0 aliphatic carbocycles. The third-order valence-corrected chi connectivity index (χ3v) is 3.05. The summed E-state index contributed by atoms with van der Waals surface area (Å²) in [6, 6.07) is 6.37. The summed E-state index contributed by atoms with van der Waals surface area (Å²) < 4.78 is 0. The van der Waals surface area contributed by atoms with E-state index >= 15 is 0 Å². The van der Waals surface area contributed by atoms with Gasteiger partial charge in [-0.25, -0.2) is 4.79 Å². The Hall–Kier alpha value is -1.51. The maximum Gasteiger partial charge on any atom is 0.315 e. The topological polar surface area (TPSA) is 41.1 Å². The van der Waals surface area contributed by atoms with Crippen LogP contribution in [0.2, 0.25) is 0 Å². The molecule has 0 fully saturated rings. The molecule has 2 N–H and O–H groups in total. The van der Waals surface area contributed by atoms with Gasteiger partial charge in [-0.3, -0.25) is 0 Å². The van der Waals surface area contributed by atoms with Crippen LogP contribution in [0.4, 0.5) is 4.79 Å². The average molecular weight is 248 g/mol. The number of hydrogen-bond donors (Lipinski definition) is 2. The van der Waals surface area contributed by atoms with Crippen molar-refractivity contribution in [3.63, 3.8) is 0 Å². The molecule has 0 aliphatic heterocycles. The first-order valence-corrected chi connectivity index (χ1v) is 6.70. The van der Waals surface area contributed by atoms with Gasteiger partial charge in [0, 0.05) is 6.54 Å². The van der Waals surface area contributed by atoms with Gasteiger partial charge in [0.25, 0.3) is 0 Å². The molecule has 0 unspecified atom stereocenters. The zero-order valence-electron chi connectivity index (χ0n) is 11.8. The molecule has 1 aromatic rings. The fraction of sp³-hybridized carbons (Fsp3) is 0.533. The number of nitrogens with one attached hydrogen (secondary N) is 2. The van der Waals surface area contributed by atoms with E-state index in [0.29, 0.717) is 0 Å². The molecule has 0 spiro atoms. The van der Waals surface area contributed by atoms with Crippen LogP contribution in [0.5, 0.6) is 0 Å². The van der Waals surface area contributed by atoms with Gasteiger partial charge in [0.1, 0.15) is 0 Å². The number of carbonyl (C=O) groups is 1. The second-order valence-electron chi connectivity index (χ2n) is 4.72.